The number of carboxylic acid groups (broad SMARTS) is 1. The molecule has 0 amide bonds. The third kappa shape index (κ3) is 2.36. The lowest BCUT2D eigenvalue weighted by Crippen LogP contribution is -2.10. The number of aromatic carboxylic acids is 1. The third-order valence-electron chi connectivity index (χ3n) is 2.29. The average molecular weight is 263 g/mol. The number of carbonyl (C=O) groups is 1. The molecule has 16 heavy (non-hydrogen) atoms. The van der Waals surface area contributed by atoms with Crippen molar-refractivity contribution in [3.05, 3.63) is 28.8 Å². The maximum Gasteiger partial charge on any atom is 0.337 e. The van der Waals surface area contributed by atoms with Gasteiger partial charge in [-0.05, 0) is 24.5 Å². The van der Waals surface area contributed by atoms with Crippen molar-refractivity contribution in [2.45, 2.75) is 25.2 Å². The molecule has 0 atom stereocenters. The molecule has 88 valence electrons. The molecule has 1 aromatic rings. The van der Waals surface area contributed by atoms with Crippen LogP contribution in [0.25, 0.3) is 0 Å². The number of hydrogen-bond acceptors (Lipinski definition) is 3. The molecule has 6 heteroatoms. The van der Waals surface area contributed by atoms with Crippen LogP contribution in [0.5, 0.6) is 0 Å². The Morgan fingerprint density at radius 1 is 1.44 bits per heavy atom. The summed E-state index contributed by atoms with van der Waals surface area (Å²) in [6, 6.07) is 3.16. The van der Waals surface area contributed by atoms with Crippen LogP contribution in [0.1, 0.15) is 28.4 Å². The highest BCUT2D eigenvalue weighted by Crippen LogP contribution is 2.27. The average Bonchev–Trinajstić information content (AvgIpc) is 2.15. The molecule has 0 bridgehead atoms. The molecule has 0 aliphatic carbocycles. The fraction of sp³-hybridized carbons (Fsp3) is 0.300. The molecule has 0 saturated heterocycles. The van der Waals surface area contributed by atoms with Crippen LogP contribution in [0.15, 0.2) is 17.0 Å². The minimum absolute atomic E-state index is 0.241. The van der Waals surface area contributed by atoms with Crippen LogP contribution in [-0.4, -0.2) is 19.5 Å². The monoisotopic (exact) mass is 262 g/mol. The smallest absolute Gasteiger partial charge is 0.337 e. The van der Waals surface area contributed by atoms with Gasteiger partial charge in [0, 0.05) is 10.7 Å². The minimum atomic E-state index is -4.05. The van der Waals surface area contributed by atoms with Crippen LogP contribution in [0.2, 0.25) is 0 Å². The SMILES string of the molecule is CCc1ccc(C)c(C(=O)O)c1S(=O)(=O)Cl. The van der Waals surface area contributed by atoms with Crippen molar-refractivity contribution >= 4 is 25.7 Å². The molecule has 1 aromatic carbocycles. The molecule has 0 fully saturated rings. The molecule has 0 aromatic heterocycles. The van der Waals surface area contributed by atoms with Gasteiger partial charge in [0.05, 0.1) is 5.56 Å². The van der Waals surface area contributed by atoms with Crippen molar-refractivity contribution < 1.29 is 18.3 Å². The van der Waals surface area contributed by atoms with Gasteiger partial charge in [-0.25, -0.2) is 13.2 Å². The first-order valence-electron chi connectivity index (χ1n) is 4.59. The van der Waals surface area contributed by atoms with Crippen LogP contribution < -0.4 is 0 Å². The summed E-state index contributed by atoms with van der Waals surface area (Å²) in [4.78, 5) is 10.7. The Morgan fingerprint density at radius 3 is 2.38 bits per heavy atom. The highest BCUT2D eigenvalue weighted by atomic mass is 35.7. The zero-order valence-corrected chi connectivity index (χ0v) is 10.4. The van der Waals surface area contributed by atoms with Gasteiger partial charge >= 0.3 is 5.97 Å². The lowest BCUT2D eigenvalue weighted by atomic mass is 10.0. The quantitative estimate of drug-likeness (QED) is 0.848. The molecule has 1 N–H and O–H groups in total. The molecule has 0 unspecified atom stereocenters. The largest absolute Gasteiger partial charge is 0.478 e. The summed E-state index contributed by atoms with van der Waals surface area (Å²) in [5, 5.41) is 9.01. The Kier molecular flexibility index (Phi) is 3.60. The van der Waals surface area contributed by atoms with Crippen LogP contribution in [0, 0.1) is 6.92 Å². The summed E-state index contributed by atoms with van der Waals surface area (Å²) in [6.45, 7) is 3.27. The highest BCUT2D eigenvalue weighted by Gasteiger charge is 2.25. The first-order chi connectivity index (χ1) is 7.29. The van der Waals surface area contributed by atoms with Crippen LogP contribution in [0.4, 0.5) is 0 Å². The number of rotatable bonds is 3. The van der Waals surface area contributed by atoms with E-state index in [0.29, 0.717) is 17.5 Å². The zero-order chi connectivity index (χ0) is 12.5. The summed E-state index contributed by atoms with van der Waals surface area (Å²) in [6.07, 6.45) is 0.405. The second-order valence-electron chi connectivity index (χ2n) is 3.34. The van der Waals surface area contributed by atoms with Gasteiger partial charge in [-0.15, -0.1) is 0 Å². The van der Waals surface area contributed by atoms with Gasteiger partial charge in [-0.1, -0.05) is 19.1 Å². The Bertz CT molecular complexity index is 534. The second-order valence-corrected chi connectivity index (χ2v) is 5.85. The second kappa shape index (κ2) is 4.43. The van der Waals surface area contributed by atoms with E-state index in [-0.39, 0.29) is 10.5 Å². The summed E-state index contributed by atoms with van der Waals surface area (Å²) < 4.78 is 22.8. The summed E-state index contributed by atoms with van der Waals surface area (Å²) in [5.74, 6) is -1.29. The fourth-order valence-electron chi connectivity index (χ4n) is 1.55. The first-order valence-corrected chi connectivity index (χ1v) is 6.90. The van der Waals surface area contributed by atoms with E-state index in [9.17, 15) is 13.2 Å². The molecule has 4 nitrogen and oxygen atoms in total. The summed E-state index contributed by atoms with van der Waals surface area (Å²) in [7, 11) is 1.22. The predicted molar refractivity (Wildman–Crippen MR) is 60.6 cm³/mol. The standard InChI is InChI=1S/C10H11ClO4S/c1-3-7-5-4-6(2)8(10(12)13)9(7)16(11,14)15/h4-5H,3H2,1-2H3,(H,12,13). The van der Waals surface area contributed by atoms with Crippen molar-refractivity contribution in [3.8, 4) is 0 Å². The van der Waals surface area contributed by atoms with Gasteiger partial charge in [0.1, 0.15) is 4.90 Å². The molecular weight excluding hydrogens is 252 g/mol. The maximum atomic E-state index is 11.4. The normalized spacial score (nSPS) is 11.4. The summed E-state index contributed by atoms with van der Waals surface area (Å²) in [5.41, 5.74) is 0.552. The molecular formula is C10H11ClO4S. The van der Waals surface area contributed by atoms with E-state index < -0.39 is 15.0 Å². The van der Waals surface area contributed by atoms with Crippen molar-refractivity contribution in [1.82, 2.24) is 0 Å². The Labute approximate surface area is 98.3 Å². The van der Waals surface area contributed by atoms with Gasteiger partial charge in [-0.3, -0.25) is 0 Å². The van der Waals surface area contributed by atoms with Crippen molar-refractivity contribution in [1.29, 1.82) is 0 Å². The first kappa shape index (κ1) is 13.0. The van der Waals surface area contributed by atoms with Crippen LogP contribution >= 0.6 is 10.7 Å². The number of benzene rings is 1. The van der Waals surface area contributed by atoms with Crippen molar-refractivity contribution in [2.24, 2.45) is 0 Å². The fourth-order valence-corrected chi connectivity index (χ4v) is 3.09. The van der Waals surface area contributed by atoms with Crippen LogP contribution in [0.3, 0.4) is 0 Å². The Hall–Kier alpha value is -1.07. The topological polar surface area (TPSA) is 71.4 Å². The zero-order valence-electron chi connectivity index (χ0n) is 8.82. The number of hydrogen-bond donors (Lipinski definition) is 1. The number of carboxylic acids is 1. The van der Waals surface area contributed by atoms with Crippen LogP contribution in [-0.2, 0) is 15.5 Å². The van der Waals surface area contributed by atoms with E-state index in [1.165, 1.54) is 6.92 Å². The van der Waals surface area contributed by atoms with E-state index >= 15 is 0 Å². The maximum absolute atomic E-state index is 11.4. The van der Waals surface area contributed by atoms with Gasteiger partial charge in [0.2, 0.25) is 0 Å². The molecule has 0 radical (unpaired) electrons. The lowest BCUT2D eigenvalue weighted by molar-refractivity contribution is 0.0691. The Balaban J connectivity index is 3.77. The molecule has 0 saturated carbocycles. The van der Waals surface area contributed by atoms with E-state index in [0.717, 1.165) is 0 Å². The van der Waals surface area contributed by atoms with Crippen molar-refractivity contribution in [3.63, 3.8) is 0 Å². The molecule has 0 spiro atoms. The van der Waals surface area contributed by atoms with E-state index in [1.54, 1.807) is 19.1 Å². The molecule has 0 heterocycles. The Morgan fingerprint density at radius 2 is 2.00 bits per heavy atom. The minimum Gasteiger partial charge on any atom is -0.478 e. The number of halogens is 1. The third-order valence-corrected chi connectivity index (χ3v) is 3.70. The summed E-state index contributed by atoms with van der Waals surface area (Å²) >= 11 is 0. The molecule has 0 aliphatic rings. The van der Waals surface area contributed by atoms with Gasteiger partial charge in [0.25, 0.3) is 9.05 Å². The lowest BCUT2D eigenvalue weighted by Gasteiger charge is -2.10. The van der Waals surface area contributed by atoms with Crippen molar-refractivity contribution in [2.75, 3.05) is 0 Å². The molecule has 0 aliphatic heterocycles. The van der Waals surface area contributed by atoms with Gasteiger partial charge < -0.3 is 5.11 Å². The molecule has 1 rings (SSSR count). The van der Waals surface area contributed by atoms with E-state index in [1.807, 2.05) is 0 Å². The van der Waals surface area contributed by atoms with E-state index in [2.05, 4.69) is 0 Å². The predicted octanol–water partition coefficient (Wildman–Crippen LogP) is 2.18. The van der Waals surface area contributed by atoms with Gasteiger partial charge in [0.15, 0.2) is 0 Å². The highest BCUT2D eigenvalue weighted by molar-refractivity contribution is 8.13. The number of aryl methyl sites for hydroxylation is 2. The van der Waals surface area contributed by atoms with Gasteiger partial charge in [-0.2, -0.15) is 0 Å². The van der Waals surface area contributed by atoms with E-state index in [4.69, 9.17) is 15.8 Å².